The largest absolute Gasteiger partial charge is 0.478 e. The summed E-state index contributed by atoms with van der Waals surface area (Å²) in [6.07, 6.45) is 1.66. The van der Waals surface area contributed by atoms with E-state index in [0.717, 1.165) is 13.1 Å². The van der Waals surface area contributed by atoms with Gasteiger partial charge in [-0.15, -0.1) is 11.3 Å². The number of nitrogens with zero attached hydrogens (tertiary/aromatic N) is 3. The monoisotopic (exact) mass is 477 g/mol. The highest BCUT2D eigenvalue weighted by Crippen LogP contribution is 2.36. The molecule has 3 atom stereocenters. The van der Waals surface area contributed by atoms with Crippen LogP contribution in [0.2, 0.25) is 5.02 Å². The summed E-state index contributed by atoms with van der Waals surface area (Å²) in [5, 5.41) is 19.4. The van der Waals surface area contributed by atoms with E-state index >= 15 is 0 Å². The Morgan fingerprint density at radius 1 is 1.34 bits per heavy atom. The highest BCUT2D eigenvalue weighted by Gasteiger charge is 2.38. The number of amidine groups is 1. The Morgan fingerprint density at radius 3 is 2.78 bits per heavy atom. The number of fused-ring (bicyclic) bond motifs is 2. The van der Waals surface area contributed by atoms with Gasteiger partial charge in [0.1, 0.15) is 11.9 Å². The van der Waals surface area contributed by atoms with E-state index in [4.69, 9.17) is 16.3 Å². The van der Waals surface area contributed by atoms with Crippen LogP contribution in [-0.4, -0.2) is 71.7 Å². The fraction of sp³-hybridized carbons (Fsp3) is 0.381. The third-order valence-corrected chi connectivity index (χ3v) is 7.01. The van der Waals surface area contributed by atoms with Crippen LogP contribution in [0.25, 0.3) is 0 Å². The number of aliphatic carboxylic acids is 1. The number of rotatable bonds is 5. The Morgan fingerprint density at radius 2 is 2.12 bits per heavy atom. The molecule has 0 aliphatic carbocycles. The summed E-state index contributed by atoms with van der Waals surface area (Å²) >= 11 is 7.73. The van der Waals surface area contributed by atoms with Crippen LogP contribution in [0.4, 0.5) is 4.39 Å². The number of thiazole rings is 1. The summed E-state index contributed by atoms with van der Waals surface area (Å²) in [5.74, 6) is -1.12. The lowest BCUT2D eigenvalue weighted by molar-refractivity contribution is -0.133. The van der Waals surface area contributed by atoms with Crippen LogP contribution in [0, 0.1) is 5.82 Å². The number of aromatic nitrogens is 1. The number of hydrogen-bond donors (Lipinski definition) is 3. The molecule has 168 valence electrons. The minimum Gasteiger partial charge on any atom is -0.478 e. The van der Waals surface area contributed by atoms with Crippen molar-refractivity contribution in [2.75, 3.05) is 32.8 Å². The molecule has 1 aromatic heterocycles. The number of aliphatic imine (C=N–C) groups is 1. The average Bonchev–Trinajstić information content (AvgIpc) is 3.28. The number of piperazine rings is 1. The molecule has 32 heavy (non-hydrogen) atoms. The lowest BCUT2D eigenvalue weighted by Crippen LogP contribution is -2.64. The number of morpholine rings is 1. The predicted octanol–water partition coefficient (Wildman–Crippen LogP) is 2.04. The number of benzene rings is 1. The van der Waals surface area contributed by atoms with Crippen LogP contribution in [-0.2, 0) is 9.53 Å². The quantitative estimate of drug-likeness (QED) is 0.606. The maximum Gasteiger partial charge on any atom is 0.335 e. The Labute approximate surface area is 192 Å². The minimum absolute atomic E-state index is 0.0938. The first-order chi connectivity index (χ1) is 15.5. The molecule has 8 nitrogen and oxygen atoms in total. The molecule has 2 saturated heterocycles. The third-order valence-electron chi connectivity index (χ3n) is 5.91. The van der Waals surface area contributed by atoms with Crippen LogP contribution in [0.3, 0.4) is 0 Å². The zero-order valence-corrected chi connectivity index (χ0v) is 18.5. The molecule has 3 N–H and O–H groups in total. The molecule has 2 fully saturated rings. The second kappa shape index (κ2) is 8.87. The lowest BCUT2D eigenvalue weighted by Gasteiger charge is -2.46. The molecule has 0 radical (unpaired) electrons. The Balaban J connectivity index is 1.59. The smallest absolute Gasteiger partial charge is 0.335 e. The molecule has 0 saturated carbocycles. The molecule has 2 aromatic rings. The van der Waals surface area contributed by atoms with Gasteiger partial charge in [-0.05, 0) is 12.1 Å². The summed E-state index contributed by atoms with van der Waals surface area (Å²) in [4.78, 5) is 23.7. The number of carbonyl (C=O) groups is 1. The van der Waals surface area contributed by atoms with Crippen LogP contribution in [0.5, 0.6) is 0 Å². The van der Waals surface area contributed by atoms with Crippen LogP contribution < -0.4 is 10.6 Å². The van der Waals surface area contributed by atoms with Gasteiger partial charge in [0.05, 0.1) is 18.8 Å². The highest BCUT2D eigenvalue weighted by molar-refractivity contribution is 7.11. The van der Waals surface area contributed by atoms with Crippen molar-refractivity contribution in [1.29, 1.82) is 0 Å². The van der Waals surface area contributed by atoms with E-state index in [1.165, 1.54) is 29.5 Å². The van der Waals surface area contributed by atoms with Gasteiger partial charge in [0.2, 0.25) is 0 Å². The molecule has 0 amide bonds. The number of ether oxygens (including phenoxy) is 1. The minimum atomic E-state index is -1.10. The van der Waals surface area contributed by atoms with Crippen molar-refractivity contribution in [2.24, 2.45) is 4.99 Å². The summed E-state index contributed by atoms with van der Waals surface area (Å²) < 4.78 is 19.4. The van der Waals surface area contributed by atoms with E-state index in [1.807, 2.05) is 5.38 Å². The molecule has 1 aromatic carbocycles. The van der Waals surface area contributed by atoms with Gasteiger partial charge in [0.25, 0.3) is 0 Å². The molecule has 11 heteroatoms. The molecule has 3 aliphatic rings. The van der Waals surface area contributed by atoms with Crippen molar-refractivity contribution < 1.29 is 19.0 Å². The number of carboxylic acid groups (broad SMARTS) is 1. The fourth-order valence-corrected chi connectivity index (χ4v) is 5.27. The summed E-state index contributed by atoms with van der Waals surface area (Å²) in [6, 6.07) is 3.32. The summed E-state index contributed by atoms with van der Waals surface area (Å²) in [5.41, 5.74) is 1.06. The molecule has 4 heterocycles. The van der Waals surface area contributed by atoms with Gasteiger partial charge < -0.3 is 20.5 Å². The van der Waals surface area contributed by atoms with E-state index < -0.39 is 17.8 Å². The van der Waals surface area contributed by atoms with E-state index in [2.05, 4.69) is 25.5 Å². The first-order valence-electron chi connectivity index (χ1n) is 10.2. The SMILES string of the molecule is O=C(O)C1=C(CN2C3CNCC2COC3)NC(c2nccs2)=N[C@H]1c1ccc(F)cc1Cl. The van der Waals surface area contributed by atoms with E-state index in [1.54, 1.807) is 6.20 Å². The van der Waals surface area contributed by atoms with Gasteiger partial charge in [0, 0.05) is 59.6 Å². The van der Waals surface area contributed by atoms with Crippen molar-refractivity contribution in [1.82, 2.24) is 20.5 Å². The predicted molar refractivity (Wildman–Crippen MR) is 119 cm³/mol. The van der Waals surface area contributed by atoms with Crippen LogP contribution in [0.15, 0.2) is 46.0 Å². The zero-order valence-electron chi connectivity index (χ0n) is 16.9. The van der Waals surface area contributed by atoms with Crippen LogP contribution in [0.1, 0.15) is 16.6 Å². The van der Waals surface area contributed by atoms with E-state index in [0.29, 0.717) is 41.9 Å². The highest BCUT2D eigenvalue weighted by atomic mass is 35.5. The van der Waals surface area contributed by atoms with E-state index in [-0.39, 0.29) is 22.7 Å². The molecule has 0 spiro atoms. The number of carboxylic acids is 1. The van der Waals surface area contributed by atoms with E-state index in [9.17, 15) is 14.3 Å². The molecule has 2 unspecified atom stereocenters. The van der Waals surface area contributed by atoms with Crippen molar-refractivity contribution >= 4 is 34.7 Å². The van der Waals surface area contributed by atoms with Gasteiger partial charge in [-0.3, -0.25) is 9.89 Å². The van der Waals surface area contributed by atoms with Gasteiger partial charge in [-0.25, -0.2) is 14.2 Å². The second-order valence-corrected chi connectivity index (χ2v) is 9.18. The molecule has 2 bridgehead atoms. The first-order valence-corrected chi connectivity index (χ1v) is 11.5. The Kier molecular flexibility index (Phi) is 5.95. The topological polar surface area (TPSA) is 99.1 Å². The third kappa shape index (κ3) is 4.04. The molecule has 3 aliphatic heterocycles. The lowest BCUT2D eigenvalue weighted by atomic mass is 9.94. The number of halogens is 2. The average molecular weight is 478 g/mol. The maximum absolute atomic E-state index is 13.7. The summed E-state index contributed by atoms with van der Waals surface area (Å²) in [6.45, 7) is 3.10. The Bertz CT molecular complexity index is 1070. The first kappa shape index (κ1) is 21.5. The van der Waals surface area contributed by atoms with Gasteiger partial charge >= 0.3 is 5.97 Å². The van der Waals surface area contributed by atoms with Crippen LogP contribution >= 0.6 is 22.9 Å². The molecular weight excluding hydrogens is 457 g/mol. The summed E-state index contributed by atoms with van der Waals surface area (Å²) in [7, 11) is 0. The second-order valence-electron chi connectivity index (χ2n) is 7.88. The van der Waals surface area contributed by atoms with Crippen molar-refractivity contribution in [3.8, 4) is 0 Å². The van der Waals surface area contributed by atoms with Gasteiger partial charge in [0.15, 0.2) is 10.8 Å². The van der Waals surface area contributed by atoms with Gasteiger partial charge in [-0.2, -0.15) is 0 Å². The molecular formula is C21H21ClFN5O3S. The molecule has 5 rings (SSSR count). The van der Waals surface area contributed by atoms with Crippen molar-refractivity contribution in [3.05, 3.63) is 62.5 Å². The van der Waals surface area contributed by atoms with Gasteiger partial charge in [-0.1, -0.05) is 17.7 Å². The maximum atomic E-state index is 13.7. The fourth-order valence-electron chi connectivity index (χ4n) is 4.41. The number of hydrogen-bond acceptors (Lipinski definition) is 8. The number of nitrogens with one attached hydrogen (secondary N) is 2. The zero-order chi connectivity index (χ0) is 22.2. The van der Waals surface area contributed by atoms with Crippen molar-refractivity contribution in [2.45, 2.75) is 18.1 Å². The standard InChI is InChI=1S/C21H21ClFN5O3S/c22-15-5-11(23)1-2-14(15)18-17(21(29)30)16(26-19(27-18)20-25-3-4-32-20)8-28-12-6-24-7-13(28)10-31-9-12/h1-5,12-13,18,24H,6-10H2,(H,26,27)(H,29,30)/t12?,13?,18-/m0/s1. The Hall–Kier alpha value is -2.37. The van der Waals surface area contributed by atoms with Crippen molar-refractivity contribution in [3.63, 3.8) is 0 Å². The normalized spacial score (nSPS) is 25.9.